The van der Waals surface area contributed by atoms with E-state index in [1.165, 1.54) is 16.7 Å². The van der Waals surface area contributed by atoms with Crippen molar-refractivity contribution in [3.05, 3.63) is 71.3 Å². The zero-order valence-electron chi connectivity index (χ0n) is 12.4. The summed E-state index contributed by atoms with van der Waals surface area (Å²) in [7, 11) is 0. The molecule has 0 saturated heterocycles. The summed E-state index contributed by atoms with van der Waals surface area (Å²) < 4.78 is 0. The van der Waals surface area contributed by atoms with Crippen LogP contribution >= 0.6 is 0 Å². The third-order valence-corrected chi connectivity index (χ3v) is 4.72. The first kappa shape index (κ1) is 13.9. The van der Waals surface area contributed by atoms with E-state index in [9.17, 15) is 5.26 Å². The summed E-state index contributed by atoms with van der Waals surface area (Å²) in [6, 6.07) is 21.8. The summed E-state index contributed by atoms with van der Waals surface area (Å²) in [6.07, 6.45) is 6.16. The van der Waals surface area contributed by atoms with Crippen molar-refractivity contribution in [1.29, 1.82) is 5.26 Å². The fraction of sp³-hybridized carbons (Fsp3) is 0.350. The molecule has 0 saturated carbocycles. The predicted octanol–water partition coefficient (Wildman–Crippen LogP) is 4.71. The molecule has 106 valence electrons. The molecule has 0 spiro atoms. The Hall–Kier alpha value is -2.07. The standard InChI is InChI=1S/C20H21N/c21-16-20(13-6-9-17-7-2-1-3-8-17)14-12-18-10-4-5-11-19(18)15-20/h1-5,7-8,10-11H,6,9,12-15H2. The van der Waals surface area contributed by atoms with Gasteiger partial charge in [0.05, 0.1) is 11.5 Å². The third-order valence-electron chi connectivity index (χ3n) is 4.72. The van der Waals surface area contributed by atoms with Gasteiger partial charge in [-0.3, -0.25) is 0 Å². The number of nitriles is 1. The van der Waals surface area contributed by atoms with Gasteiger partial charge in [-0.1, -0.05) is 54.6 Å². The normalized spacial score (nSPS) is 20.5. The Morgan fingerprint density at radius 2 is 1.67 bits per heavy atom. The Kier molecular flexibility index (Phi) is 4.06. The second-order valence-corrected chi connectivity index (χ2v) is 6.18. The van der Waals surface area contributed by atoms with Gasteiger partial charge in [0.2, 0.25) is 0 Å². The summed E-state index contributed by atoms with van der Waals surface area (Å²) in [5.74, 6) is 0. The highest BCUT2D eigenvalue weighted by molar-refractivity contribution is 5.32. The Labute approximate surface area is 127 Å². The molecular weight excluding hydrogens is 254 g/mol. The SMILES string of the molecule is N#CC1(CCCc2ccccc2)CCc2ccccc2C1. The zero-order valence-corrected chi connectivity index (χ0v) is 12.4. The first-order valence-corrected chi connectivity index (χ1v) is 7.83. The minimum Gasteiger partial charge on any atom is -0.198 e. The van der Waals surface area contributed by atoms with Crippen LogP contribution in [0.4, 0.5) is 0 Å². The van der Waals surface area contributed by atoms with E-state index in [0.717, 1.165) is 38.5 Å². The second kappa shape index (κ2) is 6.14. The Morgan fingerprint density at radius 1 is 0.952 bits per heavy atom. The first-order valence-electron chi connectivity index (χ1n) is 7.83. The van der Waals surface area contributed by atoms with E-state index >= 15 is 0 Å². The number of fused-ring (bicyclic) bond motifs is 1. The lowest BCUT2D eigenvalue weighted by Gasteiger charge is -2.32. The Balaban J connectivity index is 1.65. The molecule has 2 aromatic rings. The van der Waals surface area contributed by atoms with E-state index in [-0.39, 0.29) is 5.41 Å². The molecule has 1 heteroatoms. The largest absolute Gasteiger partial charge is 0.198 e. The van der Waals surface area contributed by atoms with E-state index in [2.05, 4.69) is 60.7 Å². The molecule has 3 rings (SSSR count). The van der Waals surface area contributed by atoms with Crippen LogP contribution in [-0.2, 0) is 19.3 Å². The van der Waals surface area contributed by atoms with Crippen LogP contribution in [0.2, 0.25) is 0 Å². The van der Waals surface area contributed by atoms with Crippen LogP contribution in [0, 0.1) is 16.7 Å². The molecule has 0 bridgehead atoms. The topological polar surface area (TPSA) is 23.8 Å². The number of aryl methyl sites for hydroxylation is 2. The van der Waals surface area contributed by atoms with Crippen LogP contribution in [0.5, 0.6) is 0 Å². The molecule has 0 amide bonds. The lowest BCUT2D eigenvalue weighted by atomic mass is 9.70. The molecule has 1 aliphatic rings. The van der Waals surface area contributed by atoms with Gasteiger partial charge < -0.3 is 0 Å². The average molecular weight is 275 g/mol. The van der Waals surface area contributed by atoms with Crippen molar-refractivity contribution in [2.24, 2.45) is 5.41 Å². The van der Waals surface area contributed by atoms with Crippen LogP contribution in [0.1, 0.15) is 36.0 Å². The van der Waals surface area contributed by atoms with E-state index in [1.807, 2.05) is 0 Å². The second-order valence-electron chi connectivity index (χ2n) is 6.18. The summed E-state index contributed by atoms with van der Waals surface area (Å²) in [5.41, 5.74) is 4.04. The highest BCUT2D eigenvalue weighted by atomic mass is 14.4. The first-order chi connectivity index (χ1) is 10.3. The van der Waals surface area contributed by atoms with Crippen LogP contribution in [0.25, 0.3) is 0 Å². The number of hydrogen-bond acceptors (Lipinski definition) is 1. The highest BCUT2D eigenvalue weighted by Gasteiger charge is 2.33. The predicted molar refractivity (Wildman–Crippen MR) is 85.9 cm³/mol. The van der Waals surface area contributed by atoms with Gasteiger partial charge in [0.25, 0.3) is 0 Å². The number of rotatable bonds is 4. The van der Waals surface area contributed by atoms with Crippen molar-refractivity contribution in [2.45, 2.75) is 38.5 Å². The smallest absolute Gasteiger partial charge is 0.0693 e. The molecule has 0 N–H and O–H groups in total. The van der Waals surface area contributed by atoms with Crippen molar-refractivity contribution in [3.63, 3.8) is 0 Å². The van der Waals surface area contributed by atoms with E-state index in [0.29, 0.717) is 0 Å². The van der Waals surface area contributed by atoms with Crippen LogP contribution in [0.15, 0.2) is 54.6 Å². The maximum atomic E-state index is 9.71. The lowest BCUT2D eigenvalue weighted by molar-refractivity contribution is 0.308. The van der Waals surface area contributed by atoms with Crippen LogP contribution in [0.3, 0.4) is 0 Å². The maximum Gasteiger partial charge on any atom is 0.0693 e. The monoisotopic (exact) mass is 275 g/mol. The molecule has 21 heavy (non-hydrogen) atoms. The van der Waals surface area contributed by atoms with E-state index < -0.39 is 0 Å². The zero-order chi connectivity index (χ0) is 14.5. The molecular formula is C20H21N. The molecule has 1 unspecified atom stereocenters. The van der Waals surface area contributed by atoms with Gasteiger partial charge in [0.1, 0.15) is 0 Å². The third kappa shape index (κ3) is 3.16. The Morgan fingerprint density at radius 3 is 2.43 bits per heavy atom. The summed E-state index contributed by atoms with van der Waals surface area (Å²) in [6.45, 7) is 0. The van der Waals surface area contributed by atoms with Crippen molar-refractivity contribution in [3.8, 4) is 6.07 Å². The quantitative estimate of drug-likeness (QED) is 0.793. The van der Waals surface area contributed by atoms with Gasteiger partial charge in [0.15, 0.2) is 0 Å². The highest BCUT2D eigenvalue weighted by Crippen LogP contribution is 2.39. The molecule has 2 aromatic carbocycles. The summed E-state index contributed by atoms with van der Waals surface area (Å²) in [4.78, 5) is 0. The van der Waals surface area contributed by atoms with Crippen molar-refractivity contribution in [2.75, 3.05) is 0 Å². The van der Waals surface area contributed by atoms with Crippen LogP contribution < -0.4 is 0 Å². The molecule has 1 atom stereocenters. The molecule has 1 nitrogen and oxygen atoms in total. The van der Waals surface area contributed by atoms with Crippen molar-refractivity contribution >= 4 is 0 Å². The number of benzene rings is 2. The number of hydrogen-bond donors (Lipinski definition) is 0. The van der Waals surface area contributed by atoms with Gasteiger partial charge in [-0.05, 0) is 55.2 Å². The minimum atomic E-state index is -0.150. The summed E-state index contributed by atoms with van der Waals surface area (Å²) >= 11 is 0. The van der Waals surface area contributed by atoms with Gasteiger partial charge in [-0.2, -0.15) is 5.26 Å². The molecule has 0 aromatic heterocycles. The average Bonchev–Trinajstić information content (AvgIpc) is 2.56. The van der Waals surface area contributed by atoms with Gasteiger partial charge in [0, 0.05) is 0 Å². The molecule has 0 heterocycles. The maximum absolute atomic E-state index is 9.71. The molecule has 1 aliphatic carbocycles. The Bertz CT molecular complexity index is 638. The van der Waals surface area contributed by atoms with Crippen molar-refractivity contribution < 1.29 is 0 Å². The fourth-order valence-corrected chi connectivity index (χ4v) is 3.44. The summed E-state index contributed by atoms with van der Waals surface area (Å²) in [5, 5.41) is 9.71. The van der Waals surface area contributed by atoms with Gasteiger partial charge >= 0.3 is 0 Å². The van der Waals surface area contributed by atoms with E-state index in [4.69, 9.17) is 0 Å². The van der Waals surface area contributed by atoms with Gasteiger partial charge in [-0.15, -0.1) is 0 Å². The van der Waals surface area contributed by atoms with Gasteiger partial charge in [-0.25, -0.2) is 0 Å². The van der Waals surface area contributed by atoms with Crippen LogP contribution in [-0.4, -0.2) is 0 Å². The molecule has 0 radical (unpaired) electrons. The van der Waals surface area contributed by atoms with Crippen molar-refractivity contribution in [1.82, 2.24) is 0 Å². The fourth-order valence-electron chi connectivity index (χ4n) is 3.44. The lowest BCUT2D eigenvalue weighted by Crippen LogP contribution is -2.27. The molecule has 0 fully saturated rings. The van der Waals surface area contributed by atoms with E-state index in [1.54, 1.807) is 0 Å². The molecule has 0 aliphatic heterocycles. The number of nitrogens with zero attached hydrogens (tertiary/aromatic N) is 1. The minimum absolute atomic E-state index is 0.150.